The lowest BCUT2D eigenvalue weighted by atomic mass is 10.1. The number of hydrogen-bond acceptors (Lipinski definition) is 4. The molecule has 2 N–H and O–H groups in total. The van der Waals surface area contributed by atoms with Gasteiger partial charge in [-0.3, -0.25) is 0 Å². The zero-order chi connectivity index (χ0) is 16.6. The van der Waals surface area contributed by atoms with Crippen molar-refractivity contribution in [3.05, 3.63) is 50.9 Å². The highest BCUT2D eigenvalue weighted by atomic mass is 127. The van der Waals surface area contributed by atoms with Crippen molar-refractivity contribution in [3.8, 4) is 11.4 Å². The fraction of sp³-hybridized carbons (Fsp3) is 0.0714. The number of H-pyrrole nitrogens is 1. The number of anilines is 2. The second-order valence-corrected chi connectivity index (χ2v) is 5.99. The molecule has 0 saturated carbocycles. The number of halogens is 4. The molecule has 0 spiro atoms. The quantitative estimate of drug-likeness (QED) is 0.487. The van der Waals surface area contributed by atoms with E-state index in [9.17, 15) is 13.2 Å². The van der Waals surface area contributed by atoms with Crippen LogP contribution in [0.15, 0.2) is 24.3 Å². The Labute approximate surface area is 142 Å². The Hall–Kier alpha value is -2.17. The topological polar surface area (TPSA) is 66.5 Å². The molecule has 3 aromatic rings. The summed E-state index contributed by atoms with van der Waals surface area (Å²) in [4.78, 5) is 0. The van der Waals surface area contributed by atoms with Crippen LogP contribution in [0.4, 0.5) is 24.5 Å². The molecular formula is C14H9F3IN5. The molecule has 0 amide bonds. The van der Waals surface area contributed by atoms with Crippen LogP contribution in [0.25, 0.3) is 11.4 Å². The number of nitrogens with one attached hydrogen (secondary N) is 2. The van der Waals surface area contributed by atoms with E-state index in [0.717, 1.165) is 15.2 Å². The fourth-order valence-electron chi connectivity index (χ4n) is 2.08. The summed E-state index contributed by atoms with van der Waals surface area (Å²) in [5, 5.41) is 15.6. The van der Waals surface area contributed by atoms with Crippen molar-refractivity contribution in [2.24, 2.45) is 0 Å². The van der Waals surface area contributed by atoms with E-state index >= 15 is 0 Å². The summed E-state index contributed by atoms with van der Waals surface area (Å²) in [6, 6.07) is 6.24. The van der Waals surface area contributed by atoms with Crippen LogP contribution in [0.1, 0.15) is 5.56 Å². The van der Waals surface area contributed by atoms with Crippen LogP contribution in [0, 0.1) is 27.9 Å². The van der Waals surface area contributed by atoms with Gasteiger partial charge in [0.05, 0.1) is 11.3 Å². The van der Waals surface area contributed by atoms with Crippen LogP contribution < -0.4 is 5.32 Å². The normalized spacial score (nSPS) is 10.8. The number of rotatable bonds is 3. The summed E-state index contributed by atoms with van der Waals surface area (Å²) in [7, 11) is 0. The molecule has 0 unspecified atom stereocenters. The van der Waals surface area contributed by atoms with E-state index in [4.69, 9.17) is 0 Å². The molecule has 0 saturated heterocycles. The predicted molar refractivity (Wildman–Crippen MR) is 86.7 cm³/mol. The van der Waals surface area contributed by atoms with E-state index in [1.807, 2.05) is 19.1 Å². The Kier molecular flexibility index (Phi) is 4.20. The van der Waals surface area contributed by atoms with Crippen LogP contribution in [-0.2, 0) is 0 Å². The second kappa shape index (κ2) is 6.14. The lowest BCUT2D eigenvalue weighted by Crippen LogP contribution is -2.04. The zero-order valence-corrected chi connectivity index (χ0v) is 13.8. The third kappa shape index (κ3) is 3.00. The van der Waals surface area contributed by atoms with Crippen LogP contribution in [0.5, 0.6) is 0 Å². The molecule has 3 rings (SSSR count). The lowest BCUT2D eigenvalue weighted by Gasteiger charge is -2.14. The van der Waals surface area contributed by atoms with Gasteiger partial charge in [0.25, 0.3) is 0 Å². The maximum Gasteiger partial charge on any atom is 0.196 e. The lowest BCUT2D eigenvalue weighted by molar-refractivity contribution is 0.450. The zero-order valence-electron chi connectivity index (χ0n) is 11.7. The molecule has 0 radical (unpaired) electrons. The van der Waals surface area contributed by atoms with E-state index in [1.54, 1.807) is 6.07 Å². The smallest absolute Gasteiger partial charge is 0.196 e. The largest absolute Gasteiger partial charge is 0.352 e. The highest BCUT2D eigenvalue weighted by Gasteiger charge is 2.22. The first-order chi connectivity index (χ1) is 11.0. The molecule has 0 atom stereocenters. The van der Waals surface area contributed by atoms with E-state index in [-0.39, 0.29) is 17.1 Å². The molecule has 0 aliphatic rings. The maximum atomic E-state index is 14.3. The summed E-state index contributed by atoms with van der Waals surface area (Å²) in [6.07, 6.45) is 0. The second-order valence-electron chi connectivity index (χ2n) is 4.74. The SMILES string of the molecule is Cc1cc(I)ccc1Nc1c(-c2nnn[nH]2)cc(F)c(F)c1F. The molecule has 23 heavy (non-hydrogen) atoms. The van der Waals surface area contributed by atoms with Gasteiger partial charge in [0.1, 0.15) is 0 Å². The molecule has 1 heterocycles. The molecule has 0 bridgehead atoms. The van der Waals surface area contributed by atoms with E-state index < -0.39 is 17.5 Å². The molecule has 5 nitrogen and oxygen atoms in total. The number of hydrogen-bond donors (Lipinski definition) is 2. The van der Waals surface area contributed by atoms with Crippen LogP contribution in [-0.4, -0.2) is 20.6 Å². The number of benzene rings is 2. The van der Waals surface area contributed by atoms with Gasteiger partial charge in [-0.25, -0.2) is 18.3 Å². The highest BCUT2D eigenvalue weighted by molar-refractivity contribution is 14.1. The van der Waals surface area contributed by atoms with Gasteiger partial charge in [-0.05, 0) is 69.8 Å². The van der Waals surface area contributed by atoms with Gasteiger partial charge in [0.2, 0.25) is 0 Å². The molecule has 0 aliphatic heterocycles. The summed E-state index contributed by atoms with van der Waals surface area (Å²) in [5.41, 5.74) is 1.13. The average Bonchev–Trinajstić information content (AvgIpc) is 3.04. The van der Waals surface area contributed by atoms with Gasteiger partial charge in [0, 0.05) is 9.26 Å². The minimum atomic E-state index is -1.56. The number of aromatic amines is 1. The Morgan fingerprint density at radius 1 is 1.13 bits per heavy atom. The molecule has 9 heteroatoms. The minimum absolute atomic E-state index is 0.00986. The molecular weight excluding hydrogens is 422 g/mol. The highest BCUT2D eigenvalue weighted by Crippen LogP contribution is 2.34. The van der Waals surface area contributed by atoms with Gasteiger partial charge < -0.3 is 5.32 Å². The maximum absolute atomic E-state index is 14.3. The van der Waals surface area contributed by atoms with Gasteiger partial charge in [-0.1, -0.05) is 0 Å². The van der Waals surface area contributed by atoms with E-state index in [2.05, 4.69) is 48.5 Å². The average molecular weight is 431 g/mol. The first kappa shape index (κ1) is 15.7. The monoisotopic (exact) mass is 431 g/mol. The Morgan fingerprint density at radius 2 is 1.91 bits per heavy atom. The van der Waals surface area contributed by atoms with Crippen molar-refractivity contribution < 1.29 is 13.2 Å². The third-order valence-corrected chi connectivity index (χ3v) is 3.88. The first-order valence-electron chi connectivity index (χ1n) is 6.42. The van der Waals surface area contributed by atoms with Gasteiger partial charge >= 0.3 is 0 Å². The molecule has 0 fully saturated rings. The number of aromatic nitrogens is 4. The van der Waals surface area contributed by atoms with E-state index in [1.165, 1.54) is 0 Å². The Morgan fingerprint density at radius 3 is 2.57 bits per heavy atom. The fourth-order valence-corrected chi connectivity index (χ4v) is 2.73. The molecule has 118 valence electrons. The minimum Gasteiger partial charge on any atom is -0.352 e. The Bertz CT molecular complexity index is 867. The van der Waals surface area contributed by atoms with Crippen molar-refractivity contribution in [3.63, 3.8) is 0 Å². The van der Waals surface area contributed by atoms with Crippen LogP contribution in [0.3, 0.4) is 0 Å². The first-order valence-corrected chi connectivity index (χ1v) is 7.50. The van der Waals surface area contributed by atoms with Gasteiger partial charge in [0.15, 0.2) is 23.3 Å². The van der Waals surface area contributed by atoms with Crippen molar-refractivity contribution in [1.82, 2.24) is 20.6 Å². The molecule has 2 aromatic carbocycles. The molecule has 1 aromatic heterocycles. The summed E-state index contributed by atoms with van der Waals surface area (Å²) < 4.78 is 42.4. The van der Waals surface area contributed by atoms with Crippen LogP contribution in [0.2, 0.25) is 0 Å². The van der Waals surface area contributed by atoms with Crippen molar-refractivity contribution in [1.29, 1.82) is 0 Å². The molecule has 0 aliphatic carbocycles. The number of tetrazole rings is 1. The summed E-state index contributed by atoms with van der Waals surface area (Å²) >= 11 is 2.14. The summed E-state index contributed by atoms with van der Waals surface area (Å²) in [6.45, 7) is 1.82. The predicted octanol–water partition coefficient (Wildman–Crippen LogP) is 3.94. The van der Waals surface area contributed by atoms with Crippen LogP contribution >= 0.6 is 22.6 Å². The van der Waals surface area contributed by atoms with E-state index in [0.29, 0.717) is 5.69 Å². The Balaban J connectivity index is 2.15. The van der Waals surface area contributed by atoms with Gasteiger partial charge in [-0.2, -0.15) is 0 Å². The third-order valence-electron chi connectivity index (χ3n) is 3.21. The summed E-state index contributed by atoms with van der Waals surface area (Å²) in [5.74, 6) is -4.20. The van der Waals surface area contributed by atoms with Crippen molar-refractivity contribution in [2.75, 3.05) is 5.32 Å². The number of nitrogens with zero attached hydrogens (tertiary/aromatic N) is 3. The van der Waals surface area contributed by atoms with Crippen molar-refractivity contribution in [2.45, 2.75) is 6.92 Å². The number of aryl methyl sites for hydroxylation is 1. The standard InChI is InChI=1S/C14H9F3IN5/c1-6-4-7(18)2-3-10(6)19-13-8(14-20-22-23-21-14)5-9(15)11(16)12(13)17/h2-5,19H,1H3,(H,20,21,22,23). The van der Waals surface area contributed by atoms with Crippen molar-refractivity contribution >= 4 is 34.0 Å². The van der Waals surface area contributed by atoms with Gasteiger partial charge in [-0.15, -0.1) is 5.10 Å².